The summed E-state index contributed by atoms with van der Waals surface area (Å²) in [7, 11) is 0. The molecule has 1 aliphatic heterocycles. The van der Waals surface area contributed by atoms with Gasteiger partial charge < -0.3 is 9.84 Å². The van der Waals surface area contributed by atoms with Gasteiger partial charge in [0, 0.05) is 25.6 Å². The van der Waals surface area contributed by atoms with E-state index < -0.39 is 0 Å². The molecule has 0 saturated carbocycles. The van der Waals surface area contributed by atoms with E-state index in [1.165, 1.54) is 11.1 Å². The fraction of sp³-hybridized carbons (Fsp3) is 0.429. The highest BCUT2D eigenvalue weighted by atomic mass is 16.5. The molecule has 3 heteroatoms. The highest BCUT2D eigenvalue weighted by Crippen LogP contribution is 2.24. The minimum Gasteiger partial charge on any atom is -0.392 e. The fourth-order valence-corrected chi connectivity index (χ4v) is 3.52. The van der Waals surface area contributed by atoms with Crippen LogP contribution in [0.4, 0.5) is 0 Å². The van der Waals surface area contributed by atoms with Gasteiger partial charge in [0.1, 0.15) is 0 Å². The summed E-state index contributed by atoms with van der Waals surface area (Å²) in [5.74, 6) is 0.439. The Hall–Kier alpha value is -1.68. The van der Waals surface area contributed by atoms with Crippen LogP contribution in [0.3, 0.4) is 0 Å². The van der Waals surface area contributed by atoms with Crippen LogP contribution in [0.5, 0.6) is 0 Å². The van der Waals surface area contributed by atoms with E-state index in [4.69, 9.17) is 4.74 Å². The summed E-state index contributed by atoms with van der Waals surface area (Å²) in [6, 6.07) is 20.7. The first-order valence-corrected chi connectivity index (χ1v) is 8.78. The minimum absolute atomic E-state index is 0.168. The van der Waals surface area contributed by atoms with Gasteiger partial charge in [0.15, 0.2) is 0 Å². The predicted molar refractivity (Wildman–Crippen MR) is 96.5 cm³/mol. The molecule has 1 fully saturated rings. The lowest BCUT2D eigenvalue weighted by molar-refractivity contribution is -0.0559. The van der Waals surface area contributed by atoms with Crippen molar-refractivity contribution in [2.75, 3.05) is 19.7 Å². The number of ether oxygens (including phenoxy) is 1. The number of rotatable bonds is 6. The van der Waals surface area contributed by atoms with Crippen molar-refractivity contribution in [1.82, 2.24) is 4.90 Å². The van der Waals surface area contributed by atoms with E-state index in [-0.39, 0.29) is 17.9 Å². The van der Waals surface area contributed by atoms with Gasteiger partial charge in [-0.05, 0) is 17.0 Å². The Morgan fingerprint density at radius 1 is 0.958 bits per heavy atom. The second kappa shape index (κ2) is 8.43. The molecule has 1 saturated heterocycles. The van der Waals surface area contributed by atoms with Crippen LogP contribution in [-0.2, 0) is 17.9 Å². The SMILES string of the molecule is CC1CN(Cc2ccccc2)CC(COCc2ccccc2)C1O. The van der Waals surface area contributed by atoms with Gasteiger partial charge in [-0.2, -0.15) is 0 Å². The van der Waals surface area contributed by atoms with E-state index in [1.54, 1.807) is 0 Å². The molecule has 1 N–H and O–H groups in total. The largest absolute Gasteiger partial charge is 0.392 e. The van der Waals surface area contributed by atoms with Crippen LogP contribution in [0, 0.1) is 11.8 Å². The molecule has 0 radical (unpaired) electrons. The van der Waals surface area contributed by atoms with Gasteiger partial charge in [0.05, 0.1) is 19.3 Å². The third kappa shape index (κ3) is 4.67. The van der Waals surface area contributed by atoms with Gasteiger partial charge in [0.25, 0.3) is 0 Å². The average Bonchev–Trinajstić information content (AvgIpc) is 2.61. The molecular formula is C21H27NO2. The molecule has 1 aliphatic rings. The van der Waals surface area contributed by atoms with E-state index in [0.717, 1.165) is 19.6 Å². The maximum Gasteiger partial charge on any atom is 0.0717 e. The van der Waals surface area contributed by atoms with Crippen molar-refractivity contribution in [2.24, 2.45) is 11.8 Å². The van der Waals surface area contributed by atoms with Crippen LogP contribution < -0.4 is 0 Å². The molecule has 3 unspecified atom stereocenters. The maximum absolute atomic E-state index is 10.5. The van der Waals surface area contributed by atoms with Crippen LogP contribution in [0.25, 0.3) is 0 Å². The van der Waals surface area contributed by atoms with Crippen molar-refractivity contribution < 1.29 is 9.84 Å². The summed E-state index contributed by atoms with van der Waals surface area (Å²) in [5.41, 5.74) is 2.50. The van der Waals surface area contributed by atoms with Crippen molar-refractivity contribution in [3.05, 3.63) is 71.8 Å². The molecule has 0 spiro atoms. The standard InChI is InChI=1S/C21H27NO2/c1-17-12-22(13-18-8-4-2-5-9-18)14-20(21(17)23)16-24-15-19-10-6-3-7-11-19/h2-11,17,20-21,23H,12-16H2,1H3. The first-order valence-electron chi connectivity index (χ1n) is 8.78. The first kappa shape index (κ1) is 17.2. The van der Waals surface area contributed by atoms with Gasteiger partial charge in [0.2, 0.25) is 0 Å². The molecule has 24 heavy (non-hydrogen) atoms. The quantitative estimate of drug-likeness (QED) is 0.884. The molecule has 0 bridgehead atoms. The van der Waals surface area contributed by atoms with E-state index in [9.17, 15) is 5.11 Å². The maximum atomic E-state index is 10.5. The van der Waals surface area contributed by atoms with Crippen LogP contribution in [0.2, 0.25) is 0 Å². The molecule has 3 nitrogen and oxygen atoms in total. The van der Waals surface area contributed by atoms with Crippen LogP contribution >= 0.6 is 0 Å². The molecule has 3 atom stereocenters. The third-order valence-corrected chi connectivity index (χ3v) is 4.80. The lowest BCUT2D eigenvalue weighted by Gasteiger charge is -2.40. The summed E-state index contributed by atoms with van der Waals surface area (Å²) in [6.45, 7) is 6.10. The van der Waals surface area contributed by atoms with Crippen molar-refractivity contribution in [3.63, 3.8) is 0 Å². The number of hydrogen-bond acceptors (Lipinski definition) is 3. The Labute approximate surface area is 144 Å². The van der Waals surface area contributed by atoms with Crippen LogP contribution in [0.15, 0.2) is 60.7 Å². The smallest absolute Gasteiger partial charge is 0.0717 e. The normalized spacial score (nSPS) is 24.8. The molecule has 3 rings (SSSR count). The Kier molecular flexibility index (Phi) is 6.02. The van der Waals surface area contributed by atoms with Crippen LogP contribution in [0.1, 0.15) is 18.1 Å². The number of aliphatic hydroxyl groups excluding tert-OH is 1. The average molecular weight is 325 g/mol. The highest BCUT2D eigenvalue weighted by Gasteiger charge is 2.33. The summed E-state index contributed by atoms with van der Waals surface area (Å²) < 4.78 is 5.89. The van der Waals surface area contributed by atoms with Gasteiger partial charge in [-0.3, -0.25) is 4.90 Å². The van der Waals surface area contributed by atoms with Crippen LogP contribution in [-0.4, -0.2) is 35.8 Å². The van der Waals surface area contributed by atoms with Crippen molar-refractivity contribution in [2.45, 2.75) is 26.2 Å². The number of likely N-dealkylation sites (tertiary alicyclic amines) is 1. The van der Waals surface area contributed by atoms with Gasteiger partial charge in [-0.15, -0.1) is 0 Å². The Morgan fingerprint density at radius 3 is 2.25 bits per heavy atom. The number of nitrogens with zero attached hydrogens (tertiary/aromatic N) is 1. The van der Waals surface area contributed by atoms with Gasteiger partial charge in [-0.1, -0.05) is 67.6 Å². The Bertz CT molecular complexity index is 602. The first-order chi connectivity index (χ1) is 11.7. The third-order valence-electron chi connectivity index (χ3n) is 4.80. The number of benzene rings is 2. The minimum atomic E-state index is -0.284. The van der Waals surface area contributed by atoms with E-state index in [2.05, 4.69) is 48.2 Å². The second-order valence-corrected chi connectivity index (χ2v) is 6.91. The fourth-order valence-electron chi connectivity index (χ4n) is 3.52. The molecule has 0 aliphatic carbocycles. The molecule has 0 aromatic heterocycles. The highest BCUT2D eigenvalue weighted by molar-refractivity contribution is 5.15. The Balaban J connectivity index is 1.53. The number of piperidine rings is 1. The molecule has 2 aromatic carbocycles. The lowest BCUT2D eigenvalue weighted by Crippen LogP contribution is -2.49. The van der Waals surface area contributed by atoms with E-state index >= 15 is 0 Å². The zero-order valence-corrected chi connectivity index (χ0v) is 14.3. The van der Waals surface area contributed by atoms with Gasteiger partial charge >= 0.3 is 0 Å². The summed E-state index contributed by atoms with van der Waals surface area (Å²) in [5, 5.41) is 10.5. The van der Waals surface area contributed by atoms with E-state index in [1.807, 2.05) is 24.3 Å². The van der Waals surface area contributed by atoms with Gasteiger partial charge in [-0.25, -0.2) is 0 Å². The molecule has 0 amide bonds. The predicted octanol–water partition coefficient (Wildman–Crippen LogP) is 3.33. The summed E-state index contributed by atoms with van der Waals surface area (Å²) >= 11 is 0. The zero-order chi connectivity index (χ0) is 16.8. The second-order valence-electron chi connectivity index (χ2n) is 6.91. The molecule has 2 aromatic rings. The summed E-state index contributed by atoms with van der Waals surface area (Å²) in [4.78, 5) is 2.43. The number of aliphatic hydroxyl groups is 1. The van der Waals surface area contributed by atoms with Crippen molar-refractivity contribution >= 4 is 0 Å². The molecular weight excluding hydrogens is 298 g/mol. The lowest BCUT2D eigenvalue weighted by atomic mass is 9.87. The van der Waals surface area contributed by atoms with Crippen molar-refractivity contribution in [1.29, 1.82) is 0 Å². The Morgan fingerprint density at radius 2 is 1.58 bits per heavy atom. The topological polar surface area (TPSA) is 32.7 Å². The molecule has 128 valence electrons. The van der Waals surface area contributed by atoms with Crippen molar-refractivity contribution in [3.8, 4) is 0 Å². The molecule has 1 heterocycles. The monoisotopic (exact) mass is 325 g/mol. The zero-order valence-electron chi connectivity index (χ0n) is 14.3. The summed E-state index contributed by atoms with van der Waals surface area (Å²) in [6.07, 6.45) is -0.284. The van der Waals surface area contributed by atoms with E-state index in [0.29, 0.717) is 13.2 Å². The number of hydrogen-bond donors (Lipinski definition) is 1.